The van der Waals surface area contributed by atoms with Crippen molar-refractivity contribution in [2.45, 2.75) is 59.8 Å². The van der Waals surface area contributed by atoms with E-state index in [-0.39, 0.29) is 18.3 Å². The normalized spacial score (nSPS) is 15.3. The smallest absolute Gasteiger partial charge is 0.326 e. The quantitative estimate of drug-likeness (QED) is 0.489. The number of hydrogen-bond acceptors (Lipinski definition) is 6. The summed E-state index contributed by atoms with van der Waals surface area (Å²) >= 11 is 0. The Hall–Kier alpha value is -1.63. The van der Waals surface area contributed by atoms with Crippen LogP contribution in [0.3, 0.4) is 0 Å². The Kier molecular flexibility index (Phi) is 8.70. The van der Waals surface area contributed by atoms with Gasteiger partial charge in [0, 0.05) is 6.92 Å². The maximum Gasteiger partial charge on any atom is 0.326 e. The summed E-state index contributed by atoms with van der Waals surface area (Å²) in [6.45, 7) is 8.57. The molecule has 0 heterocycles. The summed E-state index contributed by atoms with van der Waals surface area (Å²) in [7, 11) is 0. The van der Waals surface area contributed by atoms with Crippen LogP contribution < -0.4 is 5.73 Å². The molecule has 0 radical (unpaired) electrons. The molecular weight excluding hydrogens is 290 g/mol. The minimum atomic E-state index is -1.07. The number of nitrogens with two attached hydrogens (primary N) is 1. The molecule has 7 nitrogen and oxygen atoms in total. The molecule has 0 aromatic heterocycles. The van der Waals surface area contributed by atoms with Crippen molar-refractivity contribution in [2.24, 2.45) is 23.5 Å². The standard InChI is InChI=1S/C15H27NO6/c1-8(2)6-11(7-12(17)18)13(16)15(20)22-10(5)21-14(19)9(3)4/h8-11,13H,6-7,16H2,1-5H3,(H,17,18)/t10-,11?,13?/m0/s1. The van der Waals surface area contributed by atoms with Crippen molar-refractivity contribution in [3.8, 4) is 0 Å². The average molecular weight is 317 g/mol. The molecule has 0 aliphatic heterocycles. The molecule has 0 fully saturated rings. The average Bonchev–Trinajstić information content (AvgIpc) is 2.35. The van der Waals surface area contributed by atoms with Crippen molar-refractivity contribution in [3.63, 3.8) is 0 Å². The second-order valence-electron chi connectivity index (χ2n) is 6.11. The highest BCUT2D eigenvalue weighted by Gasteiger charge is 2.30. The fourth-order valence-electron chi connectivity index (χ4n) is 1.95. The third-order valence-electron chi connectivity index (χ3n) is 3.03. The van der Waals surface area contributed by atoms with Crippen LogP contribution in [0.4, 0.5) is 0 Å². The first kappa shape index (κ1) is 20.4. The maximum atomic E-state index is 12.0. The number of hydrogen-bond donors (Lipinski definition) is 2. The van der Waals surface area contributed by atoms with Gasteiger partial charge in [-0.3, -0.25) is 14.4 Å². The molecule has 0 saturated carbocycles. The first-order valence-corrected chi connectivity index (χ1v) is 7.42. The molecule has 0 spiro atoms. The summed E-state index contributed by atoms with van der Waals surface area (Å²) in [5.74, 6) is -2.95. The number of carboxylic acid groups (broad SMARTS) is 1. The first-order chi connectivity index (χ1) is 10.0. The number of ether oxygens (including phenoxy) is 2. The van der Waals surface area contributed by atoms with E-state index in [1.54, 1.807) is 13.8 Å². The maximum absolute atomic E-state index is 12.0. The van der Waals surface area contributed by atoms with Crippen molar-refractivity contribution < 1.29 is 29.0 Å². The van der Waals surface area contributed by atoms with Crippen LogP contribution in [-0.4, -0.2) is 35.3 Å². The first-order valence-electron chi connectivity index (χ1n) is 7.42. The molecule has 2 unspecified atom stereocenters. The zero-order valence-corrected chi connectivity index (χ0v) is 13.9. The second-order valence-corrected chi connectivity index (χ2v) is 6.11. The van der Waals surface area contributed by atoms with E-state index in [2.05, 4.69) is 0 Å². The van der Waals surface area contributed by atoms with Crippen LogP contribution >= 0.6 is 0 Å². The van der Waals surface area contributed by atoms with Crippen LogP contribution in [0.1, 0.15) is 47.5 Å². The van der Waals surface area contributed by atoms with Gasteiger partial charge in [0.1, 0.15) is 6.04 Å². The summed E-state index contributed by atoms with van der Waals surface area (Å²) in [4.78, 5) is 34.3. The predicted octanol–water partition coefficient (Wildman–Crippen LogP) is 1.54. The number of carbonyl (C=O) groups is 3. The summed E-state index contributed by atoms with van der Waals surface area (Å²) in [5.41, 5.74) is 5.82. The van der Waals surface area contributed by atoms with E-state index < -0.39 is 36.2 Å². The Morgan fingerprint density at radius 2 is 1.50 bits per heavy atom. The molecule has 0 aliphatic carbocycles. The SMILES string of the molecule is CC(C)CC(CC(=O)O)C(N)C(=O)O[C@@H](C)OC(=O)C(C)C. The van der Waals surface area contributed by atoms with E-state index in [9.17, 15) is 14.4 Å². The zero-order valence-electron chi connectivity index (χ0n) is 13.9. The Bertz CT molecular complexity index is 393. The third kappa shape index (κ3) is 7.97. The van der Waals surface area contributed by atoms with Crippen molar-refractivity contribution >= 4 is 17.9 Å². The van der Waals surface area contributed by atoms with E-state index in [0.717, 1.165) is 0 Å². The van der Waals surface area contributed by atoms with Gasteiger partial charge in [-0.05, 0) is 18.3 Å². The summed E-state index contributed by atoms with van der Waals surface area (Å²) in [6.07, 6.45) is -0.782. The van der Waals surface area contributed by atoms with Crippen LogP contribution in [0.25, 0.3) is 0 Å². The fourth-order valence-corrected chi connectivity index (χ4v) is 1.95. The van der Waals surface area contributed by atoms with Crippen molar-refractivity contribution in [1.29, 1.82) is 0 Å². The highest BCUT2D eigenvalue weighted by atomic mass is 16.7. The molecule has 0 amide bonds. The number of carbonyl (C=O) groups excluding carboxylic acids is 2. The number of esters is 2. The minimum Gasteiger partial charge on any atom is -0.481 e. The summed E-state index contributed by atoms with van der Waals surface area (Å²) < 4.78 is 9.90. The van der Waals surface area contributed by atoms with Crippen LogP contribution in [0, 0.1) is 17.8 Å². The predicted molar refractivity (Wildman–Crippen MR) is 79.7 cm³/mol. The third-order valence-corrected chi connectivity index (χ3v) is 3.03. The summed E-state index contributed by atoms with van der Waals surface area (Å²) in [6, 6.07) is -1.07. The largest absolute Gasteiger partial charge is 0.481 e. The summed E-state index contributed by atoms with van der Waals surface area (Å²) in [5, 5.41) is 8.91. The number of rotatable bonds is 9. The lowest BCUT2D eigenvalue weighted by Gasteiger charge is -2.24. The van der Waals surface area contributed by atoms with Crippen molar-refractivity contribution in [1.82, 2.24) is 0 Å². The molecule has 7 heteroatoms. The number of aliphatic carboxylic acids is 1. The zero-order chi connectivity index (χ0) is 17.4. The molecule has 0 saturated heterocycles. The Labute approximate surface area is 131 Å². The lowest BCUT2D eigenvalue weighted by Crippen LogP contribution is -2.42. The van der Waals surface area contributed by atoms with Gasteiger partial charge in [0.2, 0.25) is 6.29 Å². The van der Waals surface area contributed by atoms with Crippen LogP contribution in [0.15, 0.2) is 0 Å². The molecule has 0 aromatic rings. The van der Waals surface area contributed by atoms with E-state index in [0.29, 0.717) is 6.42 Å². The van der Waals surface area contributed by atoms with E-state index in [4.69, 9.17) is 20.3 Å². The molecule has 22 heavy (non-hydrogen) atoms. The van der Waals surface area contributed by atoms with Gasteiger partial charge in [-0.1, -0.05) is 27.7 Å². The second kappa shape index (κ2) is 9.40. The van der Waals surface area contributed by atoms with Crippen LogP contribution in [-0.2, 0) is 23.9 Å². The van der Waals surface area contributed by atoms with Crippen molar-refractivity contribution in [2.75, 3.05) is 0 Å². The molecule has 0 aliphatic rings. The molecule has 3 atom stereocenters. The lowest BCUT2D eigenvalue weighted by atomic mass is 9.88. The molecule has 128 valence electrons. The fraction of sp³-hybridized carbons (Fsp3) is 0.800. The molecule has 0 rings (SSSR count). The van der Waals surface area contributed by atoms with Gasteiger partial charge in [0.25, 0.3) is 0 Å². The molecule has 0 bridgehead atoms. The highest BCUT2D eigenvalue weighted by molar-refractivity contribution is 5.78. The van der Waals surface area contributed by atoms with Gasteiger partial charge >= 0.3 is 17.9 Å². The van der Waals surface area contributed by atoms with Gasteiger partial charge in [-0.2, -0.15) is 0 Å². The minimum absolute atomic E-state index is 0.194. The number of carboxylic acids is 1. The van der Waals surface area contributed by atoms with E-state index in [1.165, 1.54) is 6.92 Å². The van der Waals surface area contributed by atoms with E-state index >= 15 is 0 Å². The lowest BCUT2D eigenvalue weighted by molar-refractivity contribution is -0.188. The monoisotopic (exact) mass is 317 g/mol. The molecule has 0 aromatic carbocycles. The Balaban J connectivity index is 4.64. The van der Waals surface area contributed by atoms with Gasteiger partial charge in [-0.25, -0.2) is 0 Å². The van der Waals surface area contributed by atoms with Gasteiger partial charge < -0.3 is 20.3 Å². The topological polar surface area (TPSA) is 116 Å². The molecular formula is C15H27NO6. The van der Waals surface area contributed by atoms with Crippen molar-refractivity contribution in [3.05, 3.63) is 0 Å². The van der Waals surface area contributed by atoms with Crippen LogP contribution in [0.2, 0.25) is 0 Å². The highest BCUT2D eigenvalue weighted by Crippen LogP contribution is 2.20. The van der Waals surface area contributed by atoms with Gasteiger partial charge in [0.15, 0.2) is 0 Å². The molecule has 3 N–H and O–H groups in total. The Morgan fingerprint density at radius 3 is 1.91 bits per heavy atom. The van der Waals surface area contributed by atoms with E-state index in [1.807, 2.05) is 13.8 Å². The Morgan fingerprint density at radius 1 is 1.00 bits per heavy atom. The van der Waals surface area contributed by atoms with Gasteiger partial charge in [-0.15, -0.1) is 0 Å². The van der Waals surface area contributed by atoms with Gasteiger partial charge in [0.05, 0.1) is 12.3 Å². The van der Waals surface area contributed by atoms with Crippen LogP contribution in [0.5, 0.6) is 0 Å².